The summed E-state index contributed by atoms with van der Waals surface area (Å²) in [7, 11) is -3.79. The third-order valence-corrected chi connectivity index (χ3v) is 3.87. The zero-order valence-electron chi connectivity index (χ0n) is 11.6. The molecule has 0 aliphatic carbocycles. The number of hydrogen-bond donors (Lipinski definition) is 3. The molecule has 10 heteroatoms. The van der Waals surface area contributed by atoms with Crippen molar-refractivity contribution in [3.05, 3.63) is 59.7 Å². The maximum atomic E-state index is 13.1. The minimum Gasteiger partial charge on any atom is -0.288 e. The number of nitrogens with one attached hydrogen (secondary N) is 2. The fraction of sp³-hybridized carbons (Fsp3) is 0.0769. The molecule has 0 saturated carbocycles. The second-order valence-electron chi connectivity index (χ2n) is 4.36. The lowest BCUT2D eigenvalue weighted by molar-refractivity contribution is 0.0701. The Morgan fingerprint density at radius 2 is 2.00 bits per heavy atom. The van der Waals surface area contributed by atoms with Crippen molar-refractivity contribution >= 4 is 34.0 Å². The highest BCUT2D eigenvalue weighted by atomic mass is 35.5. The van der Waals surface area contributed by atoms with Gasteiger partial charge in [-0.05, 0) is 29.8 Å². The minimum atomic E-state index is -3.79. The molecule has 0 fully saturated rings. The van der Waals surface area contributed by atoms with Crippen molar-refractivity contribution in [1.82, 2.24) is 10.5 Å². The van der Waals surface area contributed by atoms with Gasteiger partial charge in [-0.3, -0.25) is 19.7 Å². The summed E-state index contributed by atoms with van der Waals surface area (Å²) < 4.78 is 39.4. The summed E-state index contributed by atoms with van der Waals surface area (Å²) in [6, 6.07) is 7.74. The molecule has 0 bridgehead atoms. The molecule has 0 radical (unpaired) electrons. The number of aromatic nitrogens is 1. The van der Waals surface area contributed by atoms with Crippen LogP contribution in [0.15, 0.2) is 42.6 Å². The van der Waals surface area contributed by atoms with Gasteiger partial charge in [-0.2, -0.15) is 0 Å². The van der Waals surface area contributed by atoms with Crippen molar-refractivity contribution in [2.45, 2.75) is 5.75 Å². The van der Waals surface area contributed by atoms with Gasteiger partial charge in [-0.15, -0.1) is 12.4 Å². The third kappa shape index (κ3) is 5.47. The van der Waals surface area contributed by atoms with E-state index in [9.17, 15) is 17.6 Å². The van der Waals surface area contributed by atoms with E-state index in [1.54, 1.807) is 0 Å². The van der Waals surface area contributed by atoms with E-state index in [0.717, 1.165) is 12.1 Å². The molecule has 0 atom stereocenters. The minimum absolute atomic E-state index is 0. The van der Waals surface area contributed by atoms with Crippen LogP contribution < -0.4 is 10.2 Å². The lowest BCUT2D eigenvalue weighted by Crippen LogP contribution is -2.21. The molecule has 3 N–H and O–H groups in total. The Hall–Kier alpha value is -2.23. The van der Waals surface area contributed by atoms with Gasteiger partial charge in [-0.1, -0.05) is 12.1 Å². The second-order valence-corrected chi connectivity index (χ2v) is 6.08. The van der Waals surface area contributed by atoms with Gasteiger partial charge in [0.15, 0.2) is 0 Å². The van der Waals surface area contributed by atoms with E-state index in [1.165, 1.54) is 35.9 Å². The molecule has 23 heavy (non-hydrogen) atoms. The number of sulfonamides is 1. The standard InChI is InChI=1S/C13H12FN3O4S.ClH/c14-10-3-1-2-9(6-10)8-22(20,21)17-11-4-5-15-12(7-11)13(18)16-19;/h1-7,19H,8H2,(H,15,17)(H,16,18);1H. The Morgan fingerprint density at radius 3 is 2.65 bits per heavy atom. The van der Waals surface area contributed by atoms with E-state index >= 15 is 0 Å². The molecule has 2 aromatic rings. The lowest BCUT2D eigenvalue weighted by atomic mass is 10.2. The number of anilines is 1. The van der Waals surface area contributed by atoms with E-state index < -0.39 is 27.5 Å². The summed E-state index contributed by atoms with van der Waals surface area (Å²) in [5.41, 5.74) is 1.63. The van der Waals surface area contributed by atoms with Crippen molar-refractivity contribution in [3.8, 4) is 0 Å². The van der Waals surface area contributed by atoms with Gasteiger partial charge >= 0.3 is 0 Å². The molecule has 1 amide bonds. The summed E-state index contributed by atoms with van der Waals surface area (Å²) >= 11 is 0. The molecule has 0 spiro atoms. The number of carbonyl (C=O) groups excluding carboxylic acids is 1. The third-order valence-electron chi connectivity index (χ3n) is 2.61. The first-order valence-electron chi connectivity index (χ1n) is 6.05. The molecule has 1 heterocycles. The van der Waals surface area contributed by atoms with Crippen LogP contribution in [0.2, 0.25) is 0 Å². The second kappa shape index (κ2) is 7.86. The molecule has 0 aliphatic rings. The highest BCUT2D eigenvalue weighted by Gasteiger charge is 2.14. The highest BCUT2D eigenvalue weighted by Crippen LogP contribution is 2.14. The lowest BCUT2D eigenvalue weighted by Gasteiger charge is -2.09. The molecule has 1 aromatic heterocycles. The van der Waals surface area contributed by atoms with Crippen LogP contribution in [0.3, 0.4) is 0 Å². The summed E-state index contributed by atoms with van der Waals surface area (Å²) in [5, 5.41) is 8.52. The van der Waals surface area contributed by atoms with E-state index in [2.05, 4.69) is 9.71 Å². The van der Waals surface area contributed by atoms with Crippen molar-refractivity contribution < 1.29 is 22.8 Å². The molecule has 0 aliphatic heterocycles. The van der Waals surface area contributed by atoms with Crippen LogP contribution in [-0.4, -0.2) is 24.5 Å². The molecule has 0 saturated heterocycles. The number of benzene rings is 1. The zero-order chi connectivity index (χ0) is 16.2. The summed E-state index contributed by atoms with van der Waals surface area (Å²) in [4.78, 5) is 14.9. The summed E-state index contributed by atoms with van der Waals surface area (Å²) in [6.45, 7) is 0. The van der Waals surface area contributed by atoms with Gasteiger partial charge in [0.2, 0.25) is 10.0 Å². The Morgan fingerprint density at radius 1 is 1.26 bits per heavy atom. The van der Waals surface area contributed by atoms with Crippen LogP contribution in [0.5, 0.6) is 0 Å². The van der Waals surface area contributed by atoms with Gasteiger partial charge in [0.1, 0.15) is 11.5 Å². The van der Waals surface area contributed by atoms with E-state index in [0.29, 0.717) is 0 Å². The molecule has 124 valence electrons. The van der Waals surface area contributed by atoms with E-state index in [4.69, 9.17) is 5.21 Å². The van der Waals surface area contributed by atoms with Gasteiger partial charge in [-0.25, -0.2) is 18.3 Å². The topological polar surface area (TPSA) is 108 Å². The monoisotopic (exact) mass is 361 g/mol. The number of hydrogen-bond acceptors (Lipinski definition) is 5. The van der Waals surface area contributed by atoms with Gasteiger partial charge in [0.25, 0.3) is 5.91 Å². The molecule has 2 rings (SSSR count). The van der Waals surface area contributed by atoms with Crippen LogP contribution in [0.4, 0.5) is 10.1 Å². The zero-order valence-corrected chi connectivity index (χ0v) is 13.2. The van der Waals surface area contributed by atoms with E-state index in [-0.39, 0.29) is 29.4 Å². The van der Waals surface area contributed by atoms with Crippen LogP contribution in [0, 0.1) is 5.82 Å². The quantitative estimate of drug-likeness (QED) is 0.555. The van der Waals surface area contributed by atoms with Crippen LogP contribution in [0.1, 0.15) is 16.1 Å². The number of carbonyl (C=O) groups is 1. The van der Waals surface area contributed by atoms with Crippen LogP contribution in [0.25, 0.3) is 0 Å². The first-order valence-corrected chi connectivity index (χ1v) is 7.70. The predicted molar refractivity (Wildman–Crippen MR) is 83.4 cm³/mol. The summed E-state index contributed by atoms with van der Waals surface area (Å²) in [6.07, 6.45) is 1.21. The number of hydroxylamine groups is 1. The largest absolute Gasteiger partial charge is 0.293 e. The average Bonchev–Trinajstić information content (AvgIpc) is 2.45. The van der Waals surface area contributed by atoms with Crippen molar-refractivity contribution in [1.29, 1.82) is 0 Å². The smallest absolute Gasteiger partial charge is 0.288 e. The van der Waals surface area contributed by atoms with E-state index in [1.807, 2.05) is 0 Å². The molecule has 7 nitrogen and oxygen atoms in total. The first kappa shape index (κ1) is 18.8. The first-order chi connectivity index (χ1) is 10.4. The maximum absolute atomic E-state index is 13.1. The maximum Gasteiger partial charge on any atom is 0.293 e. The number of nitrogens with zero attached hydrogens (tertiary/aromatic N) is 1. The van der Waals surface area contributed by atoms with Gasteiger partial charge in [0.05, 0.1) is 11.4 Å². The van der Waals surface area contributed by atoms with Gasteiger partial charge in [0, 0.05) is 6.20 Å². The normalized spacial score (nSPS) is 10.5. The number of rotatable bonds is 5. The Kier molecular flexibility index (Phi) is 6.43. The summed E-state index contributed by atoms with van der Waals surface area (Å²) in [5.74, 6) is -1.82. The Labute approximate surface area is 138 Å². The number of amides is 1. The Balaban J connectivity index is 0.00000264. The molecule has 0 unspecified atom stereocenters. The van der Waals surface area contributed by atoms with Crippen molar-refractivity contribution in [2.24, 2.45) is 0 Å². The van der Waals surface area contributed by atoms with Crippen LogP contribution in [-0.2, 0) is 15.8 Å². The SMILES string of the molecule is Cl.O=C(NO)c1cc(NS(=O)(=O)Cc2cccc(F)c2)ccn1. The predicted octanol–water partition coefficient (Wildman–Crippen LogP) is 1.70. The molecule has 1 aromatic carbocycles. The van der Waals surface area contributed by atoms with Crippen molar-refractivity contribution in [3.63, 3.8) is 0 Å². The van der Waals surface area contributed by atoms with Gasteiger partial charge < -0.3 is 0 Å². The average molecular weight is 362 g/mol. The molecular weight excluding hydrogens is 349 g/mol. The van der Waals surface area contributed by atoms with Crippen LogP contribution >= 0.6 is 12.4 Å². The van der Waals surface area contributed by atoms with Crippen molar-refractivity contribution in [2.75, 3.05) is 4.72 Å². The molecular formula is C13H13ClFN3O4S. The number of halogens is 2. The number of pyridine rings is 1. The highest BCUT2D eigenvalue weighted by molar-refractivity contribution is 7.91. The fourth-order valence-corrected chi connectivity index (χ4v) is 2.91. The fourth-order valence-electron chi connectivity index (χ4n) is 1.74. The Bertz CT molecular complexity index is 801.